The minimum absolute atomic E-state index is 0.390. The van der Waals surface area contributed by atoms with Crippen LogP contribution in [-0.2, 0) is 0 Å². The highest BCUT2D eigenvalue weighted by atomic mass is 14.2. The molecule has 0 fully saturated rings. The van der Waals surface area contributed by atoms with E-state index in [1.54, 1.807) is 0 Å². The average molecular weight is 225 g/mol. The van der Waals surface area contributed by atoms with E-state index in [1.807, 2.05) is 0 Å². The van der Waals surface area contributed by atoms with E-state index in [9.17, 15) is 0 Å². The lowest BCUT2D eigenvalue weighted by atomic mass is 9.79. The van der Waals surface area contributed by atoms with E-state index >= 15 is 0 Å². The number of hydrogen-bond donors (Lipinski definition) is 0. The Hall–Kier alpha value is 0. The predicted molar refractivity (Wildman–Crippen MR) is 75.5 cm³/mol. The van der Waals surface area contributed by atoms with E-state index in [1.165, 1.54) is 57.8 Å². The van der Waals surface area contributed by atoms with E-state index in [4.69, 9.17) is 0 Å². The van der Waals surface area contributed by atoms with Crippen LogP contribution in [-0.4, -0.2) is 0 Å². The third-order valence-corrected chi connectivity index (χ3v) is 3.63. The molecule has 1 atom stereocenters. The molecule has 0 aliphatic heterocycles. The fraction of sp³-hybridized carbons (Fsp3) is 0.938. The summed E-state index contributed by atoms with van der Waals surface area (Å²) in [6.45, 7) is 13.4. The van der Waals surface area contributed by atoms with E-state index in [2.05, 4.69) is 34.6 Å². The molecule has 0 spiro atoms. The van der Waals surface area contributed by atoms with Gasteiger partial charge < -0.3 is 0 Å². The maximum absolute atomic E-state index is 4.27. The largest absolute Gasteiger partial charge is 0.0654 e. The maximum Gasteiger partial charge on any atom is -0.0354 e. The highest BCUT2D eigenvalue weighted by Gasteiger charge is 2.18. The van der Waals surface area contributed by atoms with Gasteiger partial charge in [0.2, 0.25) is 0 Å². The topological polar surface area (TPSA) is 0 Å². The zero-order chi connectivity index (χ0) is 12.4. The van der Waals surface area contributed by atoms with Gasteiger partial charge in [0.1, 0.15) is 0 Å². The van der Waals surface area contributed by atoms with Crippen LogP contribution in [0.25, 0.3) is 0 Å². The molecule has 0 aliphatic carbocycles. The molecule has 0 aromatic rings. The molecular weight excluding hydrogens is 192 g/mol. The SMILES string of the molecule is [CH2]C(CCCCCCCCCC)C(C)(C)C. The zero-order valence-electron chi connectivity index (χ0n) is 12.1. The molecule has 97 valence electrons. The van der Waals surface area contributed by atoms with Gasteiger partial charge in [0.15, 0.2) is 0 Å². The Kier molecular flexibility index (Phi) is 9.07. The summed E-state index contributed by atoms with van der Waals surface area (Å²) >= 11 is 0. The van der Waals surface area contributed by atoms with Crippen molar-refractivity contribution in [2.24, 2.45) is 11.3 Å². The summed E-state index contributed by atoms with van der Waals surface area (Å²) < 4.78 is 0. The van der Waals surface area contributed by atoms with Crippen LogP contribution in [0.15, 0.2) is 0 Å². The summed E-state index contributed by atoms with van der Waals surface area (Å²) in [4.78, 5) is 0. The fourth-order valence-corrected chi connectivity index (χ4v) is 1.96. The van der Waals surface area contributed by atoms with Crippen molar-refractivity contribution < 1.29 is 0 Å². The van der Waals surface area contributed by atoms with Gasteiger partial charge >= 0.3 is 0 Å². The van der Waals surface area contributed by atoms with E-state index in [0.717, 1.165) is 0 Å². The smallest absolute Gasteiger partial charge is 0.0354 e. The van der Waals surface area contributed by atoms with Gasteiger partial charge in [-0.1, -0.05) is 79.1 Å². The molecule has 0 aromatic carbocycles. The average Bonchev–Trinajstić information content (AvgIpc) is 2.20. The minimum atomic E-state index is 0.390. The summed E-state index contributed by atoms with van der Waals surface area (Å²) in [5.74, 6) is 0.618. The van der Waals surface area contributed by atoms with Gasteiger partial charge in [-0.05, 0) is 24.7 Å². The van der Waals surface area contributed by atoms with Crippen molar-refractivity contribution in [3.8, 4) is 0 Å². The maximum atomic E-state index is 4.27. The van der Waals surface area contributed by atoms with Crippen LogP contribution < -0.4 is 0 Å². The van der Waals surface area contributed by atoms with Crippen LogP contribution in [0.3, 0.4) is 0 Å². The second-order valence-corrected chi connectivity index (χ2v) is 6.33. The molecule has 1 radical (unpaired) electrons. The van der Waals surface area contributed by atoms with Crippen LogP contribution in [0.4, 0.5) is 0 Å². The molecule has 0 saturated heterocycles. The van der Waals surface area contributed by atoms with E-state index in [-0.39, 0.29) is 0 Å². The van der Waals surface area contributed by atoms with Crippen molar-refractivity contribution in [3.05, 3.63) is 6.92 Å². The Balaban J connectivity index is 3.21. The number of rotatable bonds is 9. The standard InChI is InChI=1S/C16H33/c1-6-7-8-9-10-11-12-13-14-15(2)16(3,4)5/h15H,2,6-14H2,1,3-5H3. The van der Waals surface area contributed by atoms with Crippen LogP contribution in [0, 0.1) is 18.3 Å². The lowest BCUT2D eigenvalue weighted by molar-refractivity contribution is 0.268. The summed E-state index contributed by atoms with van der Waals surface area (Å²) in [5, 5.41) is 0. The molecule has 0 bridgehead atoms. The summed E-state index contributed by atoms with van der Waals surface area (Å²) in [6.07, 6.45) is 12.6. The Morgan fingerprint density at radius 3 is 1.69 bits per heavy atom. The highest BCUT2D eigenvalue weighted by Crippen LogP contribution is 2.29. The third kappa shape index (κ3) is 9.24. The first-order valence-corrected chi connectivity index (χ1v) is 7.31. The van der Waals surface area contributed by atoms with Gasteiger partial charge in [-0.2, -0.15) is 0 Å². The summed E-state index contributed by atoms with van der Waals surface area (Å²) in [6, 6.07) is 0. The number of hydrogen-bond acceptors (Lipinski definition) is 0. The molecular formula is C16H33. The monoisotopic (exact) mass is 225 g/mol. The fourth-order valence-electron chi connectivity index (χ4n) is 1.96. The Morgan fingerprint density at radius 1 is 0.812 bits per heavy atom. The molecule has 0 rings (SSSR count). The van der Waals surface area contributed by atoms with Crippen LogP contribution in [0.2, 0.25) is 0 Å². The van der Waals surface area contributed by atoms with Crippen molar-refractivity contribution in [2.75, 3.05) is 0 Å². The zero-order valence-corrected chi connectivity index (χ0v) is 12.1. The lowest BCUT2D eigenvalue weighted by Crippen LogP contribution is -2.17. The second-order valence-electron chi connectivity index (χ2n) is 6.33. The Bertz CT molecular complexity index is 141. The van der Waals surface area contributed by atoms with Gasteiger partial charge in [-0.25, -0.2) is 0 Å². The predicted octanol–water partition coefficient (Wildman–Crippen LogP) is 6.01. The molecule has 16 heavy (non-hydrogen) atoms. The summed E-state index contributed by atoms with van der Waals surface area (Å²) in [5.41, 5.74) is 0.390. The van der Waals surface area contributed by atoms with Gasteiger partial charge in [0.05, 0.1) is 0 Å². The Labute approximate surface area is 104 Å². The van der Waals surface area contributed by atoms with E-state index in [0.29, 0.717) is 11.3 Å². The molecule has 0 heterocycles. The molecule has 0 aliphatic rings. The molecule has 0 heteroatoms. The van der Waals surface area contributed by atoms with Gasteiger partial charge in [0.25, 0.3) is 0 Å². The molecule has 0 N–H and O–H groups in total. The first-order chi connectivity index (χ1) is 7.48. The van der Waals surface area contributed by atoms with Gasteiger partial charge in [-0.3, -0.25) is 0 Å². The van der Waals surface area contributed by atoms with Crippen molar-refractivity contribution in [1.82, 2.24) is 0 Å². The molecule has 1 unspecified atom stereocenters. The number of unbranched alkanes of at least 4 members (excludes halogenated alkanes) is 7. The van der Waals surface area contributed by atoms with E-state index < -0.39 is 0 Å². The quantitative estimate of drug-likeness (QED) is 0.421. The van der Waals surface area contributed by atoms with Gasteiger partial charge in [-0.15, -0.1) is 0 Å². The first-order valence-electron chi connectivity index (χ1n) is 7.31. The van der Waals surface area contributed by atoms with Crippen LogP contribution >= 0.6 is 0 Å². The highest BCUT2D eigenvalue weighted by molar-refractivity contribution is 4.75. The van der Waals surface area contributed by atoms with Crippen LogP contribution in [0.1, 0.15) is 85.5 Å². The Morgan fingerprint density at radius 2 is 1.25 bits per heavy atom. The normalized spacial score (nSPS) is 14.1. The molecule has 0 saturated carbocycles. The van der Waals surface area contributed by atoms with Crippen molar-refractivity contribution in [3.63, 3.8) is 0 Å². The molecule has 0 amide bonds. The van der Waals surface area contributed by atoms with Crippen LogP contribution in [0.5, 0.6) is 0 Å². The van der Waals surface area contributed by atoms with Crippen molar-refractivity contribution in [2.45, 2.75) is 85.5 Å². The summed E-state index contributed by atoms with van der Waals surface area (Å²) in [7, 11) is 0. The molecule has 0 nitrogen and oxygen atoms in total. The second kappa shape index (κ2) is 9.07. The third-order valence-electron chi connectivity index (χ3n) is 3.63. The van der Waals surface area contributed by atoms with Crippen molar-refractivity contribution in [1.29, 1.82) is 0 Å². The van der Waals surface area contributed by atoms with Gasteiger partial charge in [0, 0.05) is 0 Å². The lowest BCUT2D eigenvalue weighted by Gasteiger charge is -2.27. The van der Waals surface area contributed by atoms with Crippen molar-refractivity contribution >= 4 is 0 Å². The minimum Gasteiger partial charge on any atom is -0.0654 e. The first kappa shape index (κ1) is 16.0. The molecule has 0 aromatic heterocycles.